The molecule has 0 saturated carbocycles. The van der Waals surface area contributed by atoms with Gasteiger partial charge >= 0.3 is 5.97 Å². The van der Waals surface area contributed by atoms with Crippen LogP contribution < -0.4 is 10.1 Å². The Bertz CT molecular complexity index is 1170. The normalized spacial score (nSPS) is 10.1. The van der Waals surface area contributed by atoms with Gasteiger partial charge in [0.2, 0.25) is 0 Å². The smallest absolute Gasteiger partial charge is 0.335 e. The molecular formula is C23H21N3O4. The van der Waals surface area contributed by atoms with Crippen LogP contribution in [0.1, 0.15) is 32.9 Å². The van der Waals surface area contributed by atoms with Crippen LogP contribution in [-0.4, -0.2) is 33.4 Å². The number of benzene rings is 2. The average Bonchev–Trinajstić information content (AvgIpc) is 2.96. The molecule has 1 aromatic heterocycles. The van der Waals surface area contributed by atoms with Gasteiger partial charge in [-0.05, 0) is 50.2 Å². The van der Waals surface area contributed by atoms with Gasteiger partial charge in [0.15, 0.2) is 12.4 Å². The van der Waals surface area contributed by atoms with Crippen molar-refractivity contribution in [2.45, 2.75) is 13.8 Å². The monoisotopic (exact) mass is 403 g/mol. The van der Waals surface area contributed by atoms with Crippen LogP contribution in [-0.2, 0) is 11.8 Å². The fraction of sp³-hybridized carbons (Fsp3) is 0.174. The Hall–Kier alpha value is -4.05. The Labute approximate surface area is 174 Å². The van der Waals surface area contributed by atoms with Crippen LogP contribution in [0.5, 0.6) is 5.75 Å². The number of carbonyl (C=O) groups is 2. The topological polar surface area (TPSA) is 93.5 Å². The van der Waals surface area contributed by atoms with Gasteiger partial charge in [-0.2, -0.15) is 5.10 Å². The predicted molar refractivity (Wildman–Crippen MR) is 113 cm³/mol. The molecule has 0 atom stereocenters. The standard InChI is InChI=1S/C23H21N3O4/c1-15-22(16(2)26(3)25-15)30-14-21(27)24-20-9-5-7-18(13-20)11-10-17-6-4-8-19(12-17)23(28)29/h4-9,12-13H,14H2,1-3H3,(H,24,27)(H,28,29). The molecule has 0 aliphatic carbocycles. The molecule has 2 N–H and O–H groups in total. The Kier molecular flexibility index (Phi) is 6.18. The van der Waals surface area contributed by atoms with E-state index in [-0.39, 0.29) is 18.1 Å². The van der Waals surface area contributed by atoms with Crippen molar-refractivity contribution in [1.82, 2.24) is 9.78 Å². The number of carboxylic acid groups (broad SMARTS) is 1. The van der Waals surface area contributed by atoms with Crippen LogP contribution in [0.15, 0.2) is 48.5 Å². The maximum Gasteiger partial charge on any atom is 0.335 e. The Morgan fingerprint density at radius 1 is 1.10 bits per heavy atom. The summed E-state index contributed by atoms with van der Waals surface area (Å²) in [5.41, 5.74) is 3.64. The molecular weight excluding hydrogens is 382 g/mol. The van der Waals surface area contributed by atoms with Gasteiger partial charge in [0, 0.05) is 23.9 Å². The maximum absolute atomic E-state index is 12.3. The molecule has 7 heteroatoms. The number of nitrogens with zero attached hydrogens (tertiary/aromatic N) is 2. The number of hydrogen-bond donors (Lipinski definition) is 2. The quantitative estimate of drug-likeness (QED) is 0.639. The van der Waals surface area contributed by atoms with E-state index in [1.807, 2.05) is 27.0 Å². The Morgan fingerprint density at radius 2 is 1.77 bits per heavy atom. The molecule has 0 unspecified atom stereocenters. The van der Waals surface area contributed by atoms with Crippen molar-refractivity contribution in [2.75, 3.05) is 11.9 Å². The number of aromatic carboxylic acids is 1. The van der Waals surface area contributed by atoms with Crippen molar-refractivity contribution >= 4 is 17.6 Å². The molecule has 0 radical (unpaired) electrons. The van der Waals surface area contributed by atoms with Crippen molar-refractivity contribution in [3.8, 4) is 17.6 Å². The maximum atomic E-state index is 12.3. The van der Waals surface area contributed by atoms with Crippen LogP contribution in [0.3, 0.4) is 0 Å². The van der Waals surface area contributed by atoms with Gasteiger partial charge in [0.1, 0.15) is 5.69 Å². The summed E-state index contributed by atoms with van der Waals surface area (Å²) in [6, 6.07) is 13.5. The van der Waals surface area contributed by atoms with Crippen molar-refractivity contribution < 1.29 is 19.4 Å². The molecule has 1 amide bonds. The fourth-order valence-electron chi connectivity index (χ4n) is 2.85. The number of rotatable bonds is 5. The molecule has 1 heterocycles. The summed E-state index contributed by atoms with van der Waals surface area (Å²) in [4.78, 5) is 23.3. The lowest BCUT2D eigenvalue weighted by Crippen LogP contribution is -2.20. The van der Waals surface area contributed by atoms with Crippen molar-refractivity contribution in [3.63, 3.8) is 0 Å². The van der Waals surface area contributed by atoms with Gasteiger partial charge < -0.3 is 15.2 Å². The van der Waals surface area contributed by atoms with Gasteiger partial charge in [-0.25, -0.2) is 4.79 Å². The Morgan fingerprint density at radius 3 is 2.40 bits per heavy atom. The lowest BCUT2D eigenvalue weighted by molar-refractivity contribution is -0.118. The van der Waals surface area contributed by atoms with Crippen molar-refractivity contribution in [1.29, 1.82) is 0 Å². The largest absolute Gasteiger partial charge is 0.480 e. The summed E-state index contributed by atoms with van der Waals surface area (Å²) in [5.74, 6) is 5.23. The molecule has 30 heavy (non-hydrogen) atoms. The van der Waals surface area contributed by atoms with Crippen LogP contribution in [0, 0.1) is 25.7 Å². The second kappa shape index (κ2) is 8.97. The minimum absolute atomic E-state index is 0.134. The number of aromatic nitrogens is 2. The number of amides is 1. The number of carboxylic acids is 1. The number of nitrogens with one attached hydrogen (secondary N) is 1. The van der Waals surface area contributed by atoms with Gasteiger partial charge in [-0.1, -0.05) is 24.0 Å². The minimum Gasteiger partial charge on any atom is -0.480 e. The number of ether oxygens (including phenoxy) is 1. The number of aryl methyl sites for hydroxylation is 2. The summed E-state index contributed by atoms with van der Waals surface area (Å²) in [6.45, 7) is 3.57. The zero-order valence-corrected chi connectivity index (χ0v) is 16.9. The molecule has 3 aromatic rings. The lowest BCUT2D eigenvalue weighted by Gasteiger charge is -2.08. The van der Waals surface area contributed by atoms with E-state index in [9.17, 15) is 9.59 Å². The summed E-state index contributed by atoms with van der Waals surface area (Å²) in [6.07, 6.45) is 0. The minimum atomic E-state index is -0.998. The highest BCUT2D eigenvalue weighted by Gasteiger charge is 2.12. The molecule has 2 aromatic carbocycles. The van der Waals surface area contributed by atoms with E-state index in [4.69, 9.17) is 9.84 Å². The van der Waals surface area contributed by atoms with Crippen molar-refractivity contribution in [3.05, 3.63) is 76.6 Å². The first-order valence-corrected chi connectivity index (χ1v) is 9.22. The average molecular weight is 403 g/mol. The summed E-state index contributed by atoms with van der Waals surface area (Å²) in [7, 11) is 1.82. The molecule has 0 aliphatic heterocycles. The van der Waals surface area contributed by atoms with E-state index in [0.29, 0.717) is 22.6 Å². The van der Waals surface area contributed by atoms with Gasteiger partial charge in [0.05, 0.1) is 11.3 Å². The van der Waals surface area contributed by atoms with E-state index in [2.05, 4.69) is 22.3 Å². The molecule has 7 nitrogen and oxygen atoms in total. The zero-order chi connectivity index (χ0) is 21.7. The lowest BCUT2D eigenvalue weighted by atomic mass is 10.1. The third-order valence-corrected chi connectivity index (χ3v) is 4.40. The predicted octanol–water partition coefficient (Wildman–Crippen LogP) is 3.15. The van der Waals surface area contributed by atoms with Crippen LogP contribution >= 0.6 is 0 Å². The summed E-state index contributed by atoms with van der Waals surface area (Å²) in [5, 5.41) is 16.1. The first-order valence-electron chi connectivity index (χ1n) is 9.22. The van der Waals surface area contributed by atoms with Crippen LogP contribution in [0.2, 0.25) is 0 Å². The van der Waals surface area contributed by atoms with Crippen LogP contribution in [0.25, 0.3) is 0 Å². The van der Waals surface area contributed by atoms with E-state index in [1.54, 1.807) is 35.0 Å². The van der Waals surface area contributed by atoms with Gasteiger partial charge in [-0.15, -0.1) is 0 Å². The summed E-state index contributed by atoms with van der Waals surface area (Å²) >= 11 is 0. The molecule has 0 fully saturated rings. The molecule has 152 valence electrons. The van der Waals surface area contributed by atoms with E-state index >= 15 is 0 Å². The third kappa shape index (κ3) is 5.06. The number of anilines is 1. The molecule has 0 spiro atoms. The molecule has 0 saturated heterocycles. The number of carbonyl (C=O) groups excluding carboxylic acids is 1. The highest BCUT2D eigenvalue weighted by Crippen LogP contribution is 2.21. The van der Waals surface area contributed by atoms with Gasteiger partial charge in [0.25, 0.3) is 5.91 Å². The SMILES string of the molecule is Cc1nn(C)c(C)c1OCC(=O)Nc1cccc(C#Cc2cccc(C(=O)O)c2)c1. The highest BCUT2D eigenvalue weighted by molar-refractivity contribution is 5.92. The van der Waals surface area contributed by atoms with Gasteiger partial charge in [-0.3, -0.25) is 9.48 Å². The molecule has 0 aliphatic rings. The first kappa shape index (κ1) is 20.7. The highest BCUT2D eigenvalue weighted by atomic mass is 16.5. The van der Waals surface area contributed by atoms with E-state index < -0.39 is 5.97 Å². The van der Waals surface area contributed by atoms with E-state index in [1.165, 1.54) is 12.1 Å². The summed E-state index contributed by atoms with van der Waals surface area (Å²) < 4.78 is 7.32. The molecule has 0 bridgehead atoms. The first-order chi connectivity index (χ1) is 14.3. The van der Waals surface area contributed by atoms with Crippen molar-refractivity contribution in [2.24, 2.45) is 7.05 Å². The zero-order valence-electron chi connectivity index (χ0n) is 16.9. The number of hydrogen-bond acceptors (Lipinski definition) is 4. The second-order valence-electron chi connectivity index (χ2n) is 6.68. The fourth-order valence-corrected chi connectivity index (χ4v) is 2.85. The third-order valence-electron chi connectivity index (χ3n) is 4.40. The Balaban J connectivity index is 1.65. The van der Waals surface area contributed by atoms with E-state index in [0.717, 1.165) is 11.4 Å². The van der Waals surface area contributed by atoms with Crippen LogP contribution in [0.4, 0.5) is 5.69 Å². The molecule has 3 rings (SSSR count). The second-order valence-corrected chi connectivity index (χ2v) is 6.68.